The fourth-order valence-electron chi connectivity index (χ4n) is 7.20. The van der Waals surface area contributed by atoms with Gasteiger partial charge in [-0.15, -0.1) is 11.3 Å². The average Bonchev–Trinajstić information content (AvgIpc) is 3.69. The normalized spacial score (nSPS) is 11.8. The number of benzene rings is 8. The number of fused-ring (bicyclic) bond motifs is 9. The molecular weight excluding hydrogens is 591 g/mol. The van der Waals surface area contributed by atoms with Crippen molar-refractivity contribution in [1.29, 1.82) is 0 Å². The molecule has 0 unspecified atom stereocenters. The molecule has 0 radical (unpaired) electrons. The summed E-state index contributed by atoms with van der Waals surface area (Å²) in [7, 11) is 0. The van der Waals surface area contributed by atoms with Gasteiger partial charge in [0, 0.05) is 48.0 Å². The number of thiophene rings is 1. The molecule has 0 aliphatic rings. The Hall–Kier alpha value is -5.90. The van der Waals surface area contributed by atoms with Crippen LogP contribution in [0.4, 0.5) is 17.1 Å². The van der Waals surface area contributed by atoms with Gasteiger partial charge in [-0.2, -0.15) is 0 Å². The molecule has 0 spiro atoms. The quantitative estimate of drug-likeness (QED) is 0.195. The molecule has 3 heteroatoms. The van der Waals surface area contributed by atoms with Gasteiger partial charge in [0.2, 0.25) is 0 Å². The van der Waals surface area contributed by atoms with Crippen molar-refractivity contribution < 1.29 is 4.42 Å². The third kappa shape index (κ3) is 4.17. The molecule has 8 aromatic carbocycles. The van der Waals surface area contributed by atoms with Crippen molar-refractivity contribution in [1.82, 2.24) is 0 Å². The third-order valence-corrected chi connectivity index (χ3v) is 10.6. The Morgan fingerprint density at radius 3 is 2.02 bits per heavy atom. The van der Waals surface area contributed by atoms with Crippen LogP contribution in [0.15, 0.2) is 168 Å². The molecule has 0 N–H and O–H groups in total. The van der Waals surface area contributed by atoms with Crippen LogP contribution in [0.1, 0.15) is 0 Å². The number of hydrogen-bond donors (Lipinski definition) is 0. The summed E-state index contributed by atoms with van der Waals surface area (Å²) in [4.78, 5) is 2.37. The Morgan fingerprint density at radius 2 is 1.15 bits per heavy atom. The topological polar surface area (TPSA) is 16.4 Å². The third-order valence-electron chi connectivity index (χ3n) is 9.38. The van der Waals surface area contributed by atoms with Crippen molar-refractivity contribution in [3.63, 3.8) is 0 Å². The van der Waals surface area contributed by atoms with Crippen LogP contribution >= 0.6 is 11.3 Å². The first-order valence-electron chi connectivity index (χ1n) is 15.9. The maximum atomic E-state index is 6.28. The number of nitrogens with zero attached hydrogens (tertiary/aromatic N) is 1. The molecule has 10 rings (SSSR count). The number of anilines is 3. The Morgan fingerprint density at radius 1 is 0.426 bits per heavy atom. The minimum atomic E-state index is 0.911. The summed E-state index contributed by atoms with van der Waals surface area (Å²) in [6.07, 6.45) is 0. The molecule has 0 aliphatic carbocycles. The predicted octanol–water partition coefficient (Wildman–Crippen LogP) is 13.4. The van der Waals surface area contributed by atoms with Crippen LogP contribution in [-0.4, -0.2) is 0 Å². The lowest BCUT2D eigenvalue weighted by atomic mass is 9.95. The Balaban J connectivity index is 1.21. The van der Waals surface area contributed by atoms with Crippen LogP contribution in [-0.2, 0) is 0 Å². The first-order valence-corrected chi connectivity index (χ1v) is 16.7. The molecule has 0 aliphatic heterocycles. The molecule has 0 atom stereocenters. The van der Waals surface area contributed by atoms with Crippen LogP contribution in [0, 0.1) is 0 Å². The molecule has 0 saturated carbocycles. The van der Waals surface area contributed by atoms with Gasteiger partial charge in [0.1, 0.15) is 11.2 Å². The number of hydrogen-bond acceptors (Lipinski definition) is 3. The number of rotatable bonds is 4. The first-order chi connectivity index (χ1) is 23.3. The zero-order valence-corrected chi connectivity index (χ0v) is 26.2. The SMILES string of the molecule is c1ccc(-c2cc3ccccc3c3sc4ccc(N(c5ccccc5)c5ccc6cc7c(cc6c5)oc5ccccc57)cc4c23)cc1. The van der Waals surface area contributed by atoms with E-state index in [9.17, 15) is 0 Å². The largest absolute Gasteiger partial charge is 0.456 e. The van der Waals surface area contributed by atoms with Crippen molar-refractivity contribution in [3.05, 3.63) is 164 Å². The van der Waals surface area contributed by atoms with E-state index in [1.165, 1.54) is 47.5 Å². The van der Waals surface area contributed by atoms with Gasteiger partial charge in [-0.25, -0.2) is 0 Å². The predicted molar refractivity (Wildman–Crippen MR) is 202 cm³/mol. The molecule has 2 nitrogen and oxygen atoms in total. The van der Waals surface area contributed by atoms with E-state index in [1.54, 1.807) is 0 Å². The molecule has 2 aromatic heterocycles. The molecule has 0 bridgehead atoms. The molecule has 0 fully saturated rings. The Bertz CT molecular complexity index is 2790. The molecular formula is C44H27NOS. The van der Waals surface area contributed by atoms with E-state index < -0.39 is 0 Å². The average molecular weight is 618 g/mol. The maximum Gasteiger partial charge on any atom is 0.136 e. The van der Waals surface area contributed by atoms with Crippen LogP contribution in [0.5, 0.6) is 0 Å². The van der Waals surface area contributed by atoms with Crippen molar-refractivity contribution in [2.24, 2.45) is 0 Å². The highest BCUT2D eigenvalue weighted by Gasteiger charge is 2.19. The lowest BCUT2D eigenvalue weighted by molar-refractivity contribution is 0.669. The lowest BCUT2D eigenvalue weighted by Gasteiger charge is -2.26. The minimum Gasteiger partial charge on any atom is -0.456 e. The first kappa shape index (κ1) is 26.3. The zero-order valence-electron chi connectivity index (χ0n) is 25.4. The molecule has 0 saturated heterocycles. The van der Waals surface area contributed by atoms with E-state index in [0.717, 1.165) is 44.4 Å². The molecule has 220 valence electrons. The van der Waals surface area contributed by atoms with E-state index in [1.807, 2.05) is 23.5 Å². The zero-order chi connectivity index (χ0) is 30.9. The van der Waals surface area contributed by atoms with Gasteiger partial charge in [-0.1, -0.05) is 97.1 Å². The van der Waals surface area contributed by atoms with Gasteiger partial charge < -0.3 is 9.32 Å². The van der Waals surface area contributed by atoms with Gasteiger partial charge in [0.05, 0.1) is 0 Å². The summed E-state index contributed by atoms with van der Waals surface area (Å²) in [5.74, 6) is 0. The molecule has 2 heterocycles. The highest BCUT2D eigenvalue weighted by Crippen LogP contribution is 2.47. The van der Waals surface area contributed by atoms with E-state index >= 15 is 0 Å². The summed E-state index contributed by atoms with van der Waals surface area (Å²) in [5.41, 5.74) is 7.68. The van der Waals surface area contributed by atoms with Crippen LogP contribution in [0.3, 0.4) is 0 Å². The van der Waals surface area contributed by atoms with Crippen LogP contribution in [0.25, 0.3) is 74.8 Å². The number of furan rings is 1. The van der Waals surface area contributed by atoms with E-state index in [0.29, 0.717) is 0 Å². The van der Waals surface area contributed by atoms with Crippen LogP contribution in [0.2, 0.25) is 0 Å². The fourth-order valence-corrected chi connectivity index (χ4v) is 8.45. The molecule has 0 amide bonds. The minimum absolute atomic E-state index is 0.911. The summed E-state index contributed by atoms with van der Waals surface area (Å²) in [6.45, 7) is 0. The standard InChI is InChI=1S/C44H27NOS/c1-3-11-28(12-4-1)37-25-30-13-7-8-16-35(30)44-43(37)39-27-34(21-22-42(39)47-44)45(32-14-5-2-6-15-32)33-20-19-29-24-38-36-17-9-10-18-40(36)46-41(38)26-31(29)23-33/h1-27H. The van der Waals surface area contributed by atoms with Crippen molar-refractivity contribution in [2.45, 2.75) is 0 Å². The Labute approximate surface area is 275 Å². The second-order valence-corrected chi connectivity index (χ2v) is 13.2. The molecule has 47 heavy (non-hydrogen) atoms. The number of para-hydroxylation sites is 2. The van der Waals surface area contributed by atoms with Gasteiger partial charge in [0.25, 0.3) is 0 Å². The smallest absolute Gasteiger partial charge is 0.136 e. The highest BCUT2D eigenvalue weighted by molar-refractivity contribution is 7.26. The second kappa shape index (κ2) is 10.3. The summed E-state index contributed by atoms with van der Waals surface area (Å²) in [5, 5.41) is 9.81. The van der Waals surface area contributed by atoms with Crippen molar-refractivity contribution in [3.8, 4) is 11.1 Å². The van der Waals surface area contributed by atoms with E-state index in [2.05, 4.69) is 157 Å². The van der Waals surface area contributed by atoms with Crippen molar-refractivity contribution >= 4 is 92.1 Å². The van der Waals surface area contributed by atoms with Crippen LogP contribution < -0.4 is 4.90 Å². The van der Waals surface area contributed by atoms with Gasteiger partial charge >= 0.3 is 0 Å². The summed E-state index contributed by atoms with van der Waals surface area (Å²) < 4.78 is 8.90. The van der Waals surface area contributed by atoms with E-state index in [-0.39, 0.29) is 0 Å². The van der Waals surface area contributed by atoms with Crippen molar-refractivity contribution in [2.75, 3.05) is 4.90 Å². The lowest BCUT2D eigenvalue weighted by Crippen LogP contribution is -2.09. The van der Waals surface area contributed by atoms with Gasteiger partial charge in [0.15, 0.2) is 0 Å². The van der Waals surface area contributed by atoms with Gasteiger partial charge in [-0.3, -0.25) is 0 Å². The van der Waals surface area contributed by atoms with Gasteiger partial charge in [-0.05, 0) is 99.4 Å². The summed E-state index contributed by atoms with van der Waals surface area (Å²) >= 11 is 1.89. The summed E-state index contributed by atoms with van der Waals surface area (Å²) in [6, 6.07) is 59.0. The fraction of sp³-hybridized carbons (Fsp3) is 0. The highest BCUT2D eigenvalue weighted by atomic mass is 32.1. The monoisotopic (exact) mass is 617 g/mol. The second-order valence-electron chi connectivity index (χ2n) is 12.1. The molecule has 10 aromatic rings. The Kier molecular flexibility index (Phi) is 5.78. The van der Waals surface area contributed by atoms with E-state index in [4.69, 9.17) is 4.42 Å². The maximum absolute atomic E-state index is 6.28.